The maximum atomic E-state index is 12.0. The molecule has 106 valence electrons. The number of nitrogens with zero attached hydrogens (tertiary/aromatic N) is 1. The standard InChI is InChI=1S/C14H17N3O3/c1-3-20-10-4-5-11(9(2)8-10)15-14(19)12-6-7-13(18)17-16-12/h4-5,8H,3,6-7H2,1-2H3,(H,15,19)(H,17,18). The molecule has 0 saturated heterocycles. The zero-order valence-corrected chi connectivity index (χ0v) is 11.5. The van der Waals surface area contributed by atoms with E-state index in [1.807, 2.05) is 19.9 Å². The number of hydrogen-bond donors (Lipinski definition) is 2. The summed E-state index contributed by atoms with van der Waals surface area (Å²) in [6.07, 6.45) is 0.641. The van der Waals surface area contributed by atoms with Gasteiger partial charge in [0, 0.05) is 18.5 Å². The first kappa shape index (κ1) is 14.0. The highest BCUT2D eigenvalue weighted by atomic mass is 16.5. The topological polar surface area (TPSA) is 79.8 Å². The number of ether oxygens (including phenoxy) is 1. The third-order valence-corrected chi connectivity index (χ3v) is 2.92. The number of hydrogen-bond acceptors (Lipinski definition) is 4. The lowest BCUT2D eigenvalue weighted by atomic mass is 10.1. The molecule has 2 rings (SSSR count). The number of carbonyl (C=O) groups is 2. The maximum Gasteiger partial charge on any atom is 0.271 e. The van der Waals surface area contributed by atoms with Gasteiger partial charge in [-0.15, -0.1) is 0 Å². The van der Waals surface area contributed by atoms with Crippen LogP contribution in [0, 0.1) is 6.92 Å². The molecule has 0 spiro atoms. The van der Waals surface area contributed by atoms with Crippen LogP contribution in [0.2, 0.25) is 0 Å². The summed E-state index contributed by atoms with van der Waals surface area (Å²) in [5.74, 6) is 0.307. The molecule has 2 amide bonds. The third-order valence-electron chi connectivity index (χ3n) is 2.92. The molecule has 0 saturated carbocycles. The monoisotopic (exact) mass is 275 g/mol. The van der Waals surface area contributed by atoms with Gasteiger partial charge in [0.15, 0.2) is 0 Å². The Morgan fingerprint density at radius 3 is 2.85 bits per heavy atom. The lowest BCUT2D eigenvalue weighted by Gasteiger charge is -2.14. The molecule has 1 heterocycles. The van der Waals surface area contributed by atoms with Crippen molar-refractivity contribution in [1.29, 1.82) is 0 Å². The highest BCUT2D eigenvalue weighted by Crippen LogP contribution is 2.21. The van der Waals surface area contributed by atoms with Crippen molar-refractivity contribution in [3.05, 3.63) is 23.8 Å². The van der Waals surface area contributed by atoms with E-state index in [4.69, 9.17) is 4.74 Å². The van der Waals surface area contributed by atoms with E-state index in [0.29, 0.717) is 24.4 Å². The molecule has 0 aromatic heterocycles. The summed E-state index contributed by atoms with van der Waals surface area (Å²) in [4.78, 5) is 23.0. The van der Waals surface area contributed by atoms with E-state index in [9.17, 15) is 9.59 Å². The quantitative estimate of drug-likeness (QED) is 0.875. The van der Waals surface area contributed by atoms with E-state index >= 15 is 0 Å². The number of aryl methyl sites for hydroxylation is 1. The Morgan fingerprint density at radius 2 is 2.25 bits per heavy atom. The van der Waals surface area contributed by atoms with Crippen LogP contribution in [0.25, 0.3) is 0 Å². The summed E-state index contributed by atoms with van der Waals surface area (Å²) in [6.45, 7) is 4.41. The third kappa shape index (κ3) is 3.34. The Kier molecular flexibility index (Phi) is 4.34. The first-order valence-corrected chi connectivity index (χ1v) is 6.50. The Balaban J connectivity index is 2.06. The Morgan fingerprint density at radius 1 is 1.45 bits per heavy atom. The molecule has 0 bridgehead atoms. The fourth-order valence-corrected chi connectivity index (χ4v) is 1.87. The zero-order valence-electron chi connectivity index (χ0n) is 11.5. The first-order chi connectivity index (χ1) is 9.60. The van der Waals surface area contributed by atoms with Crippen LogP contribution in [0.3, 0.4) is 0 Å². The predicted molar refractivity (Wildman–Crippen MR) is 75.8 cm³/mol. The average molecular weight is 275 g/mol. The normalized spacial score (nSPS) is 14.3. The van der Waals surface area contributed by atoms with Gasteiger partial charge < -0.3 is 10.1 Å². The lowest BCUT2D eigenvalue weighted by Crippen LogP contribution is -2.32. The molecule has 0 aliphatic carbocycles. The molecule has 6 heteroatoms. The predicted octanol–water partition coefficient (Wildman–Crippen LogP) is 1.60. The van der Waals surface area contributed by atoms with E-state index in [0.717, 1.165) is 11.3 Å². The molecule has 6 nitrogen and oxygen atoms in total. The summed E-state index contributed by atoms with van der Waals surface area (Å²) >= 11 is 0. The van der Waals surface area contributed by atoms with Gasteiger partial charge in [-0.25, -0.2) is 5.43 Å². The number of rotatable bonds is 4. The molecule has 0 radical (unpaired) electrons. The Bertz CT molecular complexity index is 567. The van der Waals surface area contributed by atoms with Crippen molar-refractivity contribution >= 4 is 23.2 Å². The molecule has 2 N–H and O–H groups in total. The second kappa shape index (κ2) is 6.18. The molecule has 1 aromatic carbocycles. The van der Waals surface area contributed by atoms with E-state index in [2.05, 4.69) is 15.8 Å². The fraction of sp³-hybridized carbons (Fsp3) is 0.357. The van der Waals surface area contributed by atoms with Gasteiger partial charge in [0.25, 0.3) is 5.91 Å². The Labute approximate surface area is 117 Å². The number of amides is 2. The van der Waals surface area contributed by atoms with Crippen molar-refractivity contribution in [1.82, 2.24) is 5.43 Å². The second-order valence-electron chi connectivity index (χ2n) is 4.46. The Hall–Kier alpha value is -2.37. The molecular formula is C14H17N3O3. The van der Waals surface area contributed by atoms with Gasteiger partial charge in [-0.1, -0.05) is 0 Å². The summed E-state index contributed by atoms with van der Waals surface area (Å²) in [6, 6.07) is 5.46. The minimum absolute atomic E-state index is 0.168. The van der Waals surface area contributed by atoms with Crippen LogP contribution in [0.5, 0.6) is 5.75 Å². The first-order valence-electron chi connectivity index (χ1n) is 6.50. The van der Waals surface area contributed by atoms with Crippen LogP contribution in [0.4, 0.5) is 5.69 Å². The molecular weight excluding hydrogens is 258 g/mol. The molecule has 20 heavy (non-hydrogen) atoms. The molecule has 1 aromatic rings. The van der Waals surface area contributed by atoms with Gasteiger partial charge >= 0.3 is 0 Å². The molecule has 0 fully saturated rings. The van der Waals surface area contributed by atoms with E-state index in [1.165, 1.54) is 0 Å². The fourth-order valence-electron chi connectivity index (χ4n) is 1.87. The van der Waals surface area contributed by atoms with E-state index < -0.39 is 0 Å². The van der Waals surface area contributed by atoms with Crippen LogP contribution < -0.4 is 15.5 Å². The van der Waals surface area contributed by atoms with Crippen LogP contribution in [-0.2, 0) is 9.59 Å². The summed E-state index contributed by atoms with van der Waals surface area (Å²) < 4.78 is 5.39. The van der Waals surface area contributed by atoms with E-state index in [-0.39, 0.29) is 18.2 Å². The number of benzene rings is 1. The van der Waals surface area contributed by atoms with E-state index in [1.54, 1.807) is 12.1 Å². The largest absolute Gasteiger partial charge is 0.494 e. The van der Waals surface area contributed by atoms with Crippen molar-refractivity contribution in [3.8, 4) is 5.75 Å². The smallest absolute Gasteiger partial charge is 0.271 e. The highest BCUT2D eigenvalue weighted by molar-refractivity contribution is 6.43. The molecule has 0 atom stereocenters. The minimum Gasteiger partial charge on any atom is -0.494 e. The number of nitrogens with one attached hydrogen (secondary N) is 2. The minimum atomic E-state index is -0.294. The van der Waals surface area contributed by atoms with Gasteiger partial charge in [-0.2, -0.15) is 5.10 Å². The maximum absolute atomic E-state index is 12.0. The SMILES string of the molecule is CCOc1ccc(NC(=O)C2=NNC(=O)CC2)c(C)c1. The van der Waals surface area contributed by atoms with Gasteiger partial charge in [-0.3, -0.25) is 9.59 Å². The highest BCUT2D eigenvalue weighted by Gasteiger charge is 2.18. The molecule has 0 unspecified atom stereocenters. The van der Waals surface area contributed by atoms with Crippen molar-refractivity contribution in [2.45, 2.75) is 26.7 Å². The number of anilines is 1. The summed E-state index contributed by atoms with van der Waals surface area (Å²) in [5, 5.41) is 6.55. The van der Waals surface area contributed by atoms with Crippen molar-refractivity contribution in [2.24, 2.45) is 5.10 Å². The van der Waals surface area contributed by atoms with Gasteiger partial charge in [-0.05, 0) is 37.6 Å². The van der Waals surface area contributed by atoms with Gasteiger partial charge in [0.1, 0.15) is 11.5 Å². The number of carbonyl (C=O) groups excluding carboxylic acids is 2. The lowest BCUT2D eigenvalue weighted by molar-refractivity contribution is -0.121. The van der Waals surface area contributed by atoms with Crippen LogP contribution in [-0.4, -0.2) is 24.1 Å². The molecule has 1 aliphatic rings. The molecule has 1 aliphatic heterocycles. The second-order valence-corrected chi connectivity index (χ2v) is 4.46. The average Bonchev–Trinajstić information content (AvgIpc) is 2.43. The summed E-state index contributed by atoms with van der Waals surface area (Å²) in [5.41, 5.74) is 4.25. The summed E-state index contributed by atoms with van der Waals surface area (Å²) in [7, 11) is 0. The number of hydrazone groups is 1. The van der Waals surface area contributed by atoms with Gasteiger partial charge in [0.05, 0.1) is 6.61 Å². The van der Waals surface area contributed by atoms with Crippen LogP contribution in [0.1, 0.15) is 25.3 Å². The van der Waals surface area contributed by atoms with Crippen molar-refractivity contribution in [3.63, 3.8) is 0 Å². The van der Waals surface area contributed by atoms with Crippen molar-refractivity contribution < 1.29 is 14.3 Å². The van der Waals surface area contributed by atoms with Crippen LogP contribution >= 0.6 is 0 Å². The van der Waals surface area contributed by atoms with Crippen LogP contribution in [0.15, 0.2) is 23.3 Å². The van der Waals surface area contributed by atoms with Crippen molar-refractivity contribution in [2.75, 3.05) is 11.9 Å². The van der Waals surface area contributed by atoms with Gasteiger partial charge in [0.2, 0.25) is 5.91 Å². The zero-order chi connectivity index (χ0) is 14.5.